The number of nitrogens with zero attached hydrogens (tertiary/aromatic N) is 2. The van der Waals surface area contributed by atoms with Crippen LogP contribution in [-0.4, -0.2) is 48.0 Å². The second-order valence-electron chi connectivity index (χ2n) is 9.98. The van der Waals surface area contributed by atoms with Gasteiger partial charge >= 0.3 is 51.4 Å². The Morgan fingerprint density at radius 2 is 1.88 bits per heavy atom. The number of carbonyl (C=O) groups is 1. The molecule has 1 amide bonds. The number of hydroxylamine groups is 2. The summed E-state index contributed by atoms with van der Waals surface area (Å²) in [6, 6.07) is 8.31. The number of rotatable bonds is 2. The average Bonchev–Trinajstić information content (AvgIpc) is 2.65. The molecule has 1 spiro atoms. The first kappa shape index (κ1) is 28.4. The predicted molar refractivity (Wildman–Crippen MR) is 120 cm³/mol. The van der Waals surface area contributed by atoms with Crippen LogP contribution in [0.2, 0.25) is 5.02 Å². The van der Waals surface area contributed by atoms with Gasteiger partial charge in [0.15, 0.2) is 0 Å². The minimum Gasteiger partial charge on any atom is -0.785 e. The Morgan fingerprint density at radius 1 is 1.22 bits per heavy atom. The number of hydrogen-bond acceptors (Lipinski definition) is 3. The Hall–Kier alpha value is 0.136. The summed E-state index contributed by atoms with van der Waals surface area (Å²) in [5, 5.41) is 12.3. The largest absolute Gasteiger partial charge is 1.00 e. The molecule has 0 radical (unpaired) electrons. The molecule has 3 aliphatic rings. The number of amides is 1. The van der Waals surface area contributed by atoms with Gasteiger partial charge < -0.3 is 15.2 Å². The molecule has 1 unspecified atom stereocenters. The van der Waals surface area contributed by atoms with Gasteiger partial charge in [-0.25, -0.2) is 8.78 Å². The van der Waals surface area contributed by atoms with Crippen LogP contribution in [0, 0.1) is 16.0 Å². The first-order chi connectivity index (χ1) is 14.5. The molecule has 3 fully saturated rings. The Balaban J connectivity index is 0.000000220. The molecule has 4 nitrogen and oxygen atoms in total. The fourth-order valence-corrected chi connectivity index (χ4v) is 5.41. The van der Waals surface area contributed by atoms with E-state index in [1.54, 1.807) is 0 Å². The molecular formula is C24H32ClF2KN2O2. The van der Waals surface area contributed by atoms with Gasteiger partial charge in [0.05, 0.1) is 12.0 Å². The van der Waals surface area contributed by atoms with Crippen LogP contribution in [0.5, 0.6) is 0 Å². The van der Waals surface area contributed by atoms with E-state index in [9.17, 15) is 18.8 Å². The molecule has 32 heavy (non-hydrogen) atoms. The van der Waals surface area contributed by atoms with Gasteiger partial charge in [-0.05, 0) is 61.3 Å². The van der Waals surface area contributed by atoms with Gasteiger partial charge in [0.2, 0.25) is 5.91 Å². The van der Waals surface area contributed by atoms with E-state index in [0.717, 1.165) is 11.1 Å². The molecule has 1 aromatic rings. The quantitative estimate of drug-likeness (QED) is 0.471. The van der Waals surface area contributed by atoms with Crippen molar-refractivity contribution in [2.45, 2.75) is 57.8 Å². The monoisotopic (exact) mass is 492 g/mol. The number of likely N-dealkylation sites (tertiary alicyclic amines) is 1. The molecule has 2 heterocycles. The summed E-state index contributed by atoms with van der Waals surface area (Å²) in [5.41, 5.74) is 0.654. The molecule has 0 aromatic heterocycles. The summed E-state index contributed by atoms with van der Waals surface area (Å²) in [4.78, 5) is 12.5. The number of alkyl halides is 2. The molecule has 1 saturated carbocycles. The number of halogens is 3. The topological polar surface area (TPSA) is 46.6 Å². The van der Waals surface area contributed by atoms with Crippen LogP contribution in [0.1, 0.15) is 57.4 Å². The first-order valence-electron chi connectivity index (χ1n) is 10.9. The third-order valence-corrected chi connectivity index (χ3v) is 7.36. The van der Waals surface area contributed by atoms with Gasteiger partial charge in [0.1, 0.15) is 0 Å². The van der Waals surface area contributed by atoms with Crippen molar-refractivity contribution in [1.82, 2.24) is 9.96 Å². The Labute approximate surface area is 237 Å². The molecule has 4 rings (SSSR count). The maximum absolute atomic E-state index is 13.7. The van der Waals surface area contributed by atoms with Crippen molar-refractivity contribution in [2.75, 3.05) is 26.2 Å². The summed E-state index contributed by atoms with van der Waals surface area (Å²) >= 11 is 6.25. The van der Waals surface area contributed by atoms with Gasteiger partial charge in [-0.15, -0.1) is 0 Å². The summed E-state index contributed by atoms with van der Waals surface area (Å²) in [6.45, 7) is 7.46. The van der Waals surface area contributed by atoms with Crippen LogP contribution in [-0.2, 0) is 4.79 Å². The van der Waals surface area contributed by atoms with E-state index < -0.39 is 17.9 Å². The van der Waals surface area contributed by atoms with Gasteiger partial charge in [-0.1, -0.05) is 56.6 Å². The summed E-state index contributed by atoms with van der Waals surface area (Å²) in [7, 11) is 0. The summed E-state index contributed by atoms with van der Waals surface area (Å²) in [5.74, 6) is -2.67. The van der Waals surface area contributed by atoms with Gasteiger partial charge in [-0.2, -0.15) is 0 Å². The third kappa shape index (κ3) is 6.42. The van der Waals surface area contributed by atoms with Crippen LogP contribution in [0.25, 0.3) is 0 Å². The number of benzene rings is 1. The molecule has 2 saturated heterocycles. The van der Waals surface area contributed by atoms with Crippen LogP contribution >= 0.6 is 11.6 Å². The van der Waals surface area contributed by atoms with Crippen molar-refractivity contribution in [1.29, 1.82) is 0 Å². The van der Waals surface area contributed by atoms with Gasteiger partial charge in [0, 0.05) is 18.1 Å². The smallest absolute Gasteiger partial charge is 0.785 e. The zero-order valence-corrected chi connectivity index (χ0v) is 23.3. The van der Waals surface area contributed by atoms with Crippen LogP contribution in [0.3, 0.4) is 0 Å². The molecule has 0 N–H and O–H groups in total. The SMILES string of the molecule is C=CC(=O)N1CC2(CCN([O-])CC2(F)F)C1.CC1(C)CCCC(c2ccccc2Cl)C1.[K+]. The Bertz CT molecular complexity index is 815. The van der Waals surface area contributed by atoms with Crippen LogP contribution in [0.15, 0.2) is 36.9 Å². The van der Waals surface area contributed by atoms with Crippen LogP contribution in [0.4, 0.5) is 8.78 Å². The van der Waals surface area contributed by atoms with Gasteiger partial charge in [-0.3, -0.25) is 4.79 Å². The Morgan fingerprint density at radius 3 is 2.44 bits per heavy atom. The zero-order valence-electron chi connectivity index (χ0n) is 19.4. The van der Waals surface area contributed by atoms with Gasteiger partial charge in [0.25, 0.3) is 5.92 Å². The normalized spacial score (nSPS) is 25.6. The van der Waals surface area contributed by atoms with Crippen molar-refractivity contribution >= 4 is 17.5 Å². The average molecular weight is 493 g/mol. The minimum atomic E-state index is -3.01. The summed E-state index contributed by atoms with van der Waals surface area (Å²) in [6.07, 6.45) is 6.53. The molecule has 1 atom stereocenters. The fourth-order valence-electron chi connectivity index (χ4n) is 5.12. The van der Waals surface area contributed by atoms with E-state index >= 15 is 0 Å². The predicted octanol–water partition coefficient (Wildman–Crippen LogP) is 2.87. The van der Waals surface area contributed by atoms with E-state index in [0.29, 0.717) is 16.4 Å². The fraction of sp³-hybridized carbons (Fsp3) is 0.625. The molecule has 172 valence electrons. The maximum Gasteiger partial charge on any atom is 1.00 e. The molecule has 2 aliphatic heterocycles. The molecule has 0 bridgehead atoms. The zero-order chi connectivity index (χ0) is 22.9. The van der Waals surface area contributed by atoms with Crippen molar-refractivity contribution in [2.24, 2.45) is 10.8 Å². The number of hydrogen-bond donors (Lipinski definition) is 0. The molecular weight excluding hydrogens is 461 g/mol. The maximum atomic E-state index is 13.7. The van der Waals surface area contributed by atoms with E-state index in [4.69, 9.17) is 11.6 Å². The standard InChI is InChI=1S/C14H19Cl.C10H13F2N2O2.K/c1-14(2)9-5-6-11(10-14)12-7-3-4-8-13(12)15;1-2-8(15)13-5-9(6-13)3-4-14(16)7-10(9,11)12;/h3-4,7-8,11H,5-6,9-10H2,1-2H3;2H,1,3-7H2;/q;-1;+1. The van der Waals surface area contributed by atoms with Crippen molar-refractivity contribution < 1.29 is 65.0 Å². The second kappa shape index (κ2) is 11.2. The van der Waals surface area contributed by atoms with Crippen molar-refractivity contribution in [3.8, 4) is 0 Å². The number of carbonyl (C=O) groups excluding carboxylic acids is 1. The van der Waals surface area contributed by atoms with Crippen LogP contribution < -0.4 is 51.4 Å². The first-order valence-corrected chi connectivity index (χ1v) is 11.3. The van der Waals surface area contributed by atoms with E-state index in [-0.39, 0.29) is 83.3 Å². The molecule has 8 heteroatoms. The molecule has 1 aliphatic carbocycles. The summed E-state index contributed by atoms with van der Waals surface area (Å²) < 4.78 is 27.4. The van der Waals surface area contributed by atoms with E-state index in [2.05, 4.69) is 32.6 Å². The van der Waals surface area contributed by atoms with Crippen molar-refractivity contribution in [3.63, 3.8) is 0 Å². The second-order valence-corrected chi connectivity index (χ2v) is 10.4. The molecule has 1 aromatic carbocycles. The third-order valence-electron chi connectivity index (χ3n) is 7.01. The number of piperidine rings is 1. The minimum absolute atomic E-state index is 0. The Kier molecular flexibility index (Phi) is 9.98. The van der Waals surface area contributed by atoms with E-state index in [1.807, 2.05) is 12.1 Å². The van der Waals surface area contributed by atoms with E-state index in [1.165, 1.54) is 36.1 Å². The van der Waals surface area contributed by atoms with Crippen molar-refractivity contribution in [3.05, 3.63) is 52.7 Å².